The van der Waals surface area contributed by atoms with Gasteiger partial charge in [-0.1, -0.05) is 0 Å². The Morgan fingerprint density at radius 3 is 2.44 bits per heavy atom. The van der Waals surface area contributed by atoms with Crippen LogP contribution in [0.25, 0.3) is 0 Å². The van der Waals surface area contributed by atoms with E-state index in [-0.39, 0.29) is 18.9 Å². The maximum absolute atomic E-state index is 12.8. The molecule has 1 unspecified atom stereocenters. The molecule has 1 aromatic rings. The van der Waals surface area contributed by atoms with Gasteiger partial charge in [-0.2, -0.15) is 0 Å². The van der Waals surface area contributed by atoms with Crippen molar-refractivity contribution in [3.05, 3.63) is 18.2 Å². The number of carbonyl (C=O) groups excluding carboxylic acids is 2. The predicted octanol–water partition coefficient (Wildman–Crippen LogP) is 1.32. The fourth-order valence-electron chi connectivity index (χ4n) is 2.93. The second-order valence-corrected chi connectivity index (χ2v) is 6.21. The first-order valence-corrected chi connectivity index (χ1v) is 8.64. The Hall–Kier alpha value is -2.97. The highest BCUT2D eigenvalue weighted by Gasteiger charge is 2.37. The third kappa shape index (κ3) is 5.02. The number of amides is 3. The Morgan fingerprint density at radius 1 is 1.26 bits per heavy atom. The molecule has 9 nitrogen and oxygen atoms in total. The number of anilines is 1. The number of ether oxygens (including phenoxy) is 2. The van der Waals surface area contributed by atoms with Gasteiger partial charge < -0.3 is 29.7 Å². The molecule has 0 radical (unpaired) electrons. The molecule has 0 aromatic heterocycles. The van der Waals surface area contributed by atoms with Crippen LogP contribution in [-0.4, -0.2) is 68.3 Å². The minimum Gasteiger partial charge on any atom is -0.497 e. The molecule has 2 rings (SSSR count). The molecule has 1 atom stereocenters. The van der Waals surface area contributed by atoms with Crippen molar-refractivity contribution in [3.8, 4) is 11.5 Å². The molecule has 0 spiro atoms. The number of likely N-dealkylation sites (N-methyl/N-ethyl adjacent to an activating group) is 1. The number of methoxy groups -OCH3 is 2. The van der Waals surface area contributed by atoms with Crippen LogP contribution in [0, 0.1) is 0 Å². The fraction of sp³-hybridized carbons (Fsp3) is 0.500. The maximum Gasteiger partial charge on any atom is 0.317 e. The molecule has 0 saturated carbocycles. The smallest absolute Gasteiger partial charge is 0.317 e. The highest BCUT2D eigenvalue weighted by molar-refractivity contribution is 6.01. The first-order valence-electron chi connectivity index (χ1n) is 8.64. The molecule has 9 heteroatoms. The van der Waals surface area contributed by atoms with E-state index in [9.17, 15) is 14.4 Å². The lowest BCUT2D eigenvalue weighted by atomic mass is 10.2. The van der Waals surface area contributed by atoms with E-state index in [4.69, 9.17) is 14.6 Å². The molecule has 1 heterocycles. The average molecular weight is 379 g/mol. The van der Waals surface area contributed by atoms with Crippen molar-refractivity contribution in [1.82, 2.24) is 10.2 Å². The van der Waals surface area contributed by atoms with E-state index >= 15 is 0 Å². The average Bonchev–Trinajstić information content (AvgIpc) is 3.05. The number of carboxylic acid groups (broad SMARTS) is 1. The first kappa shape index (κ1) is 20.3. The van der Waals surface area contributed by atoms with Crippen molar-refractivity contribution in [2.45, 2.75) is 25.3 Å². The minimum atomic E-state index is -0.909. The minimum absolute atomic E-state index is 0.0161. The van der Waals surface area contributed by atoms with Crippen LogP contribution in [0.15, 0.2) is 18.2 Å². The van der Waals surface area contributed by atoms with Gasteiger partial charge in [0, 0.05) is 44.8 Å². The largest absolute Gasteiger partial charge is 0.497 e. The second kappa shape index (κ2) is 9.11. The van der Waals surface area contributed by atoms with Crippen LogP contribution in [0.5, 0.6) is 11.5 Å². The molecule has 27 heavy (non-hydrogen) atoms. The molecule has 1 saturated heterocycles. The Labute approximate surface area is 157 Å². The molecule has 0 bridgehead atoms. The summed E-state index contributed by atoms with van der Waals surface area (Å²) in [5, 5.41) is 11.3. The van der Waals surface area contributed by atoms with Crippen LogP contribution in [-0.2, 0) is 9.59 Å². The molecule has 1 aliphatic heterocycles. The van der Waals surface area contributed by atoms with Crippen LogP contribution in [0.3, 0.4) is 0 Å². The lowest BCUT2D eigenvalue weighted by molar-refractivity contribution is -0.137. The number of nitrogens with zero attached hydrogens (tertiary/aromatic N) is 2. The van der Waals surface area contributed by atoms with Gasteiger partial charge in [-0.05, 0) is 12.8 Å². The SMILES string of the molecule is COc1cc(OC)cc(N2CCC(N(C)C(=O)NCCCC(=O)O)C2=O)c1. The highest BCUT2D eigenvalue weighted by atomic mass is 16.5. The summed E-state index contributed by atoms with van der Waals surface area (Å²) in [6.07, 6.45) is 0.818. The Morgan fingerprint density at radius 2 is 1.89 bits per heavy atom. The Kier molecular flexibility index (Phi) is 6.86. The summed E-state index contributed by atoms with van der Waals surface area (Å²) in [4.78, 5) is 38.5. The number of hydrogen-bond donors (Lipinski definition) is 2. The lowest BCUT2D eigenvalue weighted by Gasteiger charge is -2.24. The summed E-state index contributed by atoms with van der Waals surface area (Å²) in [5.74, 6) is 0.0525. The van der Waals surface area contributed by atoms with Crippen LogP contribution >= 0.6 is 0 Å². The van der Waals surface area contributed by atoms with Crippen LogP contribution < -0.4 is 19.7 Å². The fourth-order valence-corrected chi connectivity index (χ4v) is 2.93. The van der Waals surface area contributed by atoms with Crippen LogP contribution in [0.2, 0.25) is 0 Å². The summed E-state index contributed by atoms with van der Waals surface area (Å²) >= 11 is 0. The molecule has 1 fully saturated rings. The molecule has 0 aliphatic carbocycles. The van der Waals surface area contributed by atoms with E-state index in [0.717, 1.165) is 0 Å². The summed E-state index contributed by atoms with van der Waals surface area (Å²) in [5.41, 5.74) is 0.647. The van der Waals surface area contributed by atoms with Gasteiger partial charge >= 0.3 is 12.0 Å². The van der Waals surface area contributed by atoms with Gasteiger partial charge in [0.15, 0.2) is 0 Å². The predicted molar refractivity (Wildman–Crippen MR) is 98.3 cm³/mol. The van der Waals surface area contributed by atoms with Crippen molar-refractivity contribution in [2.75, 3.05) is 39.3 Å². The number of nitrogens with one attached hydrogen (secondary N) is 1. The van der Waals surface area contributed by atoms with E-state index in [1.54, 1.807) is 30.1 Å². The summed E-state index contributed by atoms with van der Waals surface area (Å²) in [6.45, 7) is 0.712. The first-order chi connectivity index (χ1) is 12.9. The normalized spacial score (nSPS) is 16.2. The van der Waals surface area contributed by atoms with E-state index in [1.807, 2.05) is 0 Å². The zero-order valence-electron chi connectivity index (χ0n) is 15.7. The molecule has 148 valence electrons. The van der Waals surface area contributed by atoms with Gasteiger partial charge in [-0.3, -0.25) is 9.59 Å². The maximum atomic E-state index is 12.8. The summed E-state index contributed by atoms with van der Waals surface area (Å²) in [6, 6.07) is 4.23. The van der Waals surface area contributed by atoms with Crippen LogP contribution in [0.4, 0.5) is 10.5 Å². The van der Waals surface area contributed by atoms with Crippen molar-refractivity contribution < 1.29 is 29.0 Å². The van der Waals surface area contributed by atoms with Crippen molar-refractivity contribution in [1.29, 1.82) is 0 Å². The monoisotopic (exact) mass is 379 g/mol. The second-order valence-electron chi connectivity index (χ2n) is 6.21. The van der Waals surface area contributed by atoms with E-state index in [1.165, 1.54) is 19.1 Å². The molecule has 1 aliphatic rings. The third-order valence-corrected chi connectivity index (χ3v) is 4.46. The standard InChI is InChI=1S/C18H25N3O6/c1-20(18(25)19-7-4-5-16(22)23)15-6-8-21(17(15)24)12-9-13(26-2)11-14(10-12)27-3/h9-11,15H,4-8H2,1-3H3,(H,19,25)(H,22,23). The lowest BCUT2D eigenvalue weighted by Crippen LogP contribution is -2.47. The van der Waals surface area contributed by atoms with Crippen molar-refractivity contribution in [2.24, 2.45) is 0 Å². The Bertz CT molecular complexity index is 686. The number of hydrogen-bond acceptors (Lipinski definition) is 5. The van der Waals surface area contributed by atoms with Crippen molar-refractivity contribution in [3.63, 3.8) is 0 Å². The van der Waals surface area contributed by atoms with Crippen molar-refractivity contribution >= 4 is 23.6 Å². The van der Waals surface area contributed by atoms with Gasteiger partial charge in [0.2, 0.25) is 5.91 Å². The van der Waals surface area contributed by atoms with Gasteiger partial charge in [0.1, 0.15) is 17.5 Å². The highest BCUT2D eigenvalue weighted by Crippen LogP contribution is 2.31. The molecular formula is C18H25N3O6. The van der Waals surface area contributed by atoms with Crippen LogP contribution in [0.1, 0.15) is 19.3 Å². The Balaban J connectivity index is 2.01. The molecule has 3 amide bonds. The number of carbonyl (C=O) groups is 3. The van der Waals surface area contributed by atoms with E-state index in [2.05, 4.69) is 5.32 Å². The molecule has 1 aromatic carbocycles. The van der Waals surface area contributed by atoms with Gasteiger partial charge in [0.25, 0.3) is 0 Å². The van der Waals surface area contributed by atoms with Gasteiger partial charge in [-0.25, -0.2) is 4.79 Å². The number of carboxylic acids is 1. The van der Waals surface area contributed by atoms with Gasteiger partial charge in [0.05, 0.1) is 19.9 Å². The third-order valence-electron chi connectivity index (χ3n) is 4.46. The summed E-state index contributed by atoms with van der Waals surface area (Å²) < 4.78 is 10.5. The number of benzene rings is 1. The molecule has 2 N–H and O–H groups in total. The quantitative estimate of drug-likeness (QED) is 0.660. The van der Waals surface area contributed by atoms with E-state index in [0.29, 0.717) is 36.6 Å². The van der Waals surface area contributed by atoms with E-state index < -0.39 is 18.0 Å². The number of urea groups is 1. The number of rotatable bonds is 8. The number of aliphatic carboxylic acids is 1. The molecular weight excluding hydrogens is 354 g/mol. The summed E-state index contributed by atoms with van der Waals surface area (Å²) in [7, 11) is 4.63. The van der Waals surface area contributed by atoms with Gasteiger partial charge in [-0.15, -0.1) is 0 Å². The zero-order valence-corrected chi connectivity index (χ0v) is 15.7. The zero-order chi connectivity index (χ0) is 20.0. The topological polar surface area (TPSA) is 108 Å².